The first-order valence-corrected chi connectivity index (χ1v) is 8.78. The molecule has 0 bridgehead atoms. The highest BCUT2D eigenvalue weighted by molar-refractivity contribution is 7.89. The fraction of sp³-hybridized carbons (Fsp3) is 0.500. The lowest BCUT2D eigenvalue weighted by atomic mass is 10.2. The number of hydrogen-bond acceptors (Lipinski definition) is 3. The molecule has 2 N–H and O–H groups in total. The molecular weight excluding hydrogens is 286 g/mol. The highest BCUT2D eigenvalue weighted by Crippen LogP contribution is 2.11. The molecule has 0 saturated heterocycles. The van der Waals surface area contributed by atoms with E-state index in [1.807, 2.05) is 0 Å². The highest BCUT2D eigenvalue weighted by Gasteiger charge is 2.13. The van der Waals surface area contributed by atoms with E-state index >= 15 is 0 Å². The van der Waals surface area contributed by atoms with E-state index in [1.165, 1.54) is 0 Å². The molecule has 0 amide bonds. The first-order chi connectivity index (χ1) is 10.1. The van der Waals surface area contributed by atoms with Gasteiger partial charge in [0.15, 0.2) is 0 Å². The molecule has 0 unspecified atom stereocenters. The van der Waals surface area contributed by atoms with Gasteiger partial charge in [-0.1, -0.05) is 44.1 Å². The van der Waals surface area contributed by atoms with Crippen LogP contribution >= 0.6 is 0 Å². The van der Waals surface area contributed by atoms with Crippen LogP contribution in [-0.2, 0) is 10.0 Å². The van der Waals surface area contributed by atoms with Crippen molar-refractivity contribution in [1.29, 1.82) is 0 Å². The second-order valence-electron chi connectivity index (χ2n) is 4.76. The lowest BCUT2D eigenvalue weighted by Gasteiger charge is -2.07. The van der Waals surface area contributed by atoms with E-state index in [0.29, 0.717) is 18.5 Å². The Morgan fingerprint density at radius 1 is 1.24 bits per heavy atom. The molecule has 1 aromatic rings. The van der Waals surface area contributed by atoms with Crippen molar-refractivity contribution in [1.82, 2.24) is 4.72 Å². The molecule has 0 aromatic heterocycles. The Labute approximate surface area is 127 Å². The summed E-state index contributed by atoms with van der Waals surface area (Å²) in [5.41, 5.74) is 0.636. The van der Waals surface area contributed by atoms with Gasteiger partial charge < -0.3 is 5.11 Å². The van der Waals surface area contributed by atoms with Crippen molar-refractivity contribution in [2.75, 3.05) is 13.2 Å². The molecule has 0 spiro atoms. The fourth-order valence-electron chi connectivity index (χ4n) is 1.80. The van der Waals surface area contributed by atoms with Gasteiger partial charge in [0.1, 0.15) is 0 Å². The molecule has 0 aliphatic rings. The maximum atomic E-state index is 12.1. The average molecular weight is 309 g/mol. The number of aliphatic hydroxyl groups is 1. The third-order valence-corrected chi connectivity index (χ3v) is 4.39. The van der Waals surface area contributed by atoms with Crippen LogP contribution in [0.15, 0.2) is 29.2 Å². The number of benzene rings is 1. The molecule has 5 heteroatoms. The summed E-state index contributed by atoms with van der Waals surface area (Å²) in [7, 11) is -3.47. The van der Waals surface area contributed by atoms with Crippen LogP contribution in [0, 0.1) is 11.8 Å². The third kappa shape index (κ3) is 6.76. The van der Waals surface area contributed by atoms with Gasteiger partial charge in [-0.05, 0) is 24.6 Å². The topological polar surface area (TPSA) is 66.4 Å². The minimum absolute atomic E-state index is 0.00427. The highest BCUT2D eigenvalue weighted by atomic mass is 32.2. The number of unbranched alkanes of at least 4 members (excludes halogenated alkanes) is 3. The number of nitrogens with one attached hydrogen (secondary N) is 1. The van der Waals surface area contributed by atoms with Crippen molar-refractivity contribution in [3.05, 3.63) is 29.8 Å². The monoisotopic (exact) mass is 309 g/mol. The fourth-order valence-corrected chi connectivity index (χ4v) is 2.92. The van der Waals surface area contributed by atoms with Crippen LogP contribution in [0.25, 0.3) is 0 Å². The molecule has 0 saturated carbocycles. The van der Waals surface area contributed by atoms with Crippen LogP contribution < -0.4 is 4.72 Å². The zero-order chi connectivity index (χ0) is 15.6. The van der Waals surface area contributed by atoms with E-state index < -0.39 is 10.0 Å². The zero-order valence-corrected chi connectivity index (χ0v) is 13.2. The van der Waals surface area contributed by atoms with Crippen molar-refractivity contribution in [2.24, 2.45) is 0 Å². The standard InChI is InChI=1S/C16H23NO3S/c1-2-3-4-6-12-17-21(19,20)16-11-8-10-15(14-16)9-5-7-13-18/h8,10-11,14,17-18H,2-4,6-7,12-13H2,1H3. The average Bonchev–Trinajstić information content (AvgIpc) is 2.48. The molecule has 1 aromatic carbocycles. The van der Waals surface area contributed by atoms with Crippen LogP contribution in [0.1, 0.15) is 44.6 Å². The Balaban J connectivity index is 2.66. The Bertz CT molecular complexity index is 585. The number of sulfonamides is 1. The van der Waals surface area contributed by atoms with Gasteiger partial charge in [0.05, 0.1) is 11.5 Å². The summed E-state index contributed by atoms with van der Waals surface area (Å²) in [5, 5.41) is 8.68. The summed E-state index contributed by atoms with van der Waals surface area (Å²) in [6, 6.07) is 6.55. The van der Waals surface area contributed by atoms with Gasteiger partial charge in [-0.2, -0.15) is 0 Å². The van der Waals surface area contributed by atoms with E-state index in [4.69, 9.17) is 5.11 Å². The normalized spacial score (nSPS) is 11.0. The molecule has 0 radical (unpaired) electrons. The maximum Gasteiger partial charge on any atom is 0.240 e. The first-order valence-electron chi connectivity index (χ1n) is 7.29. The number of aliphatic hydroxyl groups excluding tert-OH is 1. The molecule has 0 atom stereocenters. The molecule has 1 rings (SSSR count). The molecule has 21 heavy (non-hydrogen) atoms. The van der Waals surface area contributed by atoms with Gasteiger partial charge in [-0.25, -0.2) is 13.1 Å². The van der Waals surface area contributed by atoms with E-state index in [-0.39, 0.29) is 11.5 Å². The van der Waals surface area contributed by atoms with Crippen molar-refractivity contribution in [3.8, 4) is 11.8 Å². The summed E-state index contributed by atoms with van der Waals surface area (Å²) < 4.78 is 26.9. The van der Waals surface area contributed by atoms with Crippen molar-refractivity contribution in [3.63, 3.8) is 0 Å². The molecule has 4 nitrogen and oxygen atoms in total. The van der Waals surface area contributed by atoms with Gasteiger partial charge >= 0.3 is 0 Å². The second kappa shape index (κ2) is 9.56. The summed E-state index contributed by atoms with van der Waals surface area (Å²) >= 11 is 0. The Morgan fingerprint density at radius 3 is 2.76 bits per heavy atom. The lowest BCUT2D eigenvalue weighted by molar-refractivity contribution is 0.305. The molecular formula is C16H23NO3S. The summed E-state index contributed by atoms with van der Waals surface area (Å²) in [6.07, 6.45) is 4.51. The summed E-state index contributed by atoms with van der Waals surface area (Å²) in [6.45, 7) is 2.58. The van der Waals surface area contributed by atoms with E-state index in [1.54, 1.807) is 24.3 Å². The van der Waals surface area contributed by atoms with E-state index in [2.05, 4.69) is 23.5 Å². The SMILES string of the molecule is CCCCCCNS(=O)(=O)c1cccc(C#CCCO)c1. The van der Waals surface area contributed by atoms with Crippen molar-refractivity contribution >= 4 is 10.0 Å². The smallest absolute Gasteiger partial charge is 0.240 e. The van der Waals surface area contributed by atoms with Gasteiger partial charge in [0, 0.05) is 18.5 Å². The predicted molar refractivity (Wildman–Crippen MR) is 84.4 cm³/mol. The van der Waals surface area contributed by atoms with Crippen LogP contribution in [0.2, 0.25) is 0 Å². The predicted octanol–water partition coefficient (Wildman–Crippen LogP) is 2.28. The van der Waals surface area contributed by atoms with Crippen LogP contribution in [0.4, 0.5) is 0 Å². The second-order valence-corrected chi connectivity index (χ2v) is 6.53. The van der Waals surface area contributed by atoms with Gasteiger partial charge in [-0.15, -0.1) is 0 Å². The largest absolute Gasteiger partial charge is 0.395 e. The Kier molecular flexibility index (Phi) is 8.06. The summed E-state index contributed by atoms with van der Waals surface area (Å²) in [4.78, 5) is 0.230. The number of hydrogen-bond donors (Lipinski definition) is 2. The third-order valence-electron chi connectivity index (χ3n) is 2.94. The van der Waals surface area contributed by atoms with Crippen molar-refractivity contribution in [2.45, 2.75) is 43.9 Å². The van der Waals surface area contributed by atoms with Gasteiger partial charge in [-0.3, -0.25) is 0 Å². The Morgan fingerprint density at radius 2 is 2.05 bits per heavy atom. The van der Waals surface area contributed by atoms with Crippen molar-refractivity contribution < 1.29 is 13.5 Å². The van der Waals surface area contributed by atoms with Gasteiger partial charge in [0.2, 0.25) is 10.0 Å². The van der Waals surface area contributed by atoms with Gasteiger partial charge in [0.25, 0.3) is 0 Å². The maximum absolute atomic E-state index is 12.1. The summed E-state index contributed by atoms with van der Waals surface area (Å²) in [5.74, 6) is 5.62. The van der Waals surface area contributed by atoms with Crippen LogP contribution in [-0.4, -0.2) is 26.7 Å². The molecule has 0 aliphatic heterocycles. The van der Waals surface area contributed by atoms with E-state index in [0.717, 1.165) is 25.7 Å². The minimum atomic E-state index is -3.47. The molecule has 0 fully saturated rings. The zero-order valence-electron chi connectivity index (χ0n) is 12.4. The first kappa shape index (κ1) is 17.7. The number of rotatable bonds is 8. The minimum Gasteiger partial charge on any atom is -0.395 e. The Hall–Kier alpha value is -1.35. The molecule has 0 aliphatic carbocycles. The van der Waals surface area contributed by atoms with Crippen LogP contribution in [0.3, 0.4) is 0 Å². The lowest BCUT2D eigenvalue weighted by Crippen LogP contribution is -2.24. The van der Waals surface area contributed by atoms with E-state index in [9.17, 15) is 8.42 Å². The molecule has 116 valence electrons. The quantitative estimate of drug-likeness (QED) is 0.572. The molecule has 0 heterocycles. The van der Waals surface area contributed by atoms with Crippen LogP contribution in [0.5, 0.6) is 0 Å².